The van der Waals surface area contributed by atoms with Crippen LogP contribution in [0.15, 0.2) is 23.0 Å². The van der Waals surface area contributed by atoms with Gasteiger partial charge in [0.05, 0.1) is 27.6 Å². The van der Waals surface area contributed by atoms with Crippen molar-refractivity contribution in [1.82, 2.24) is 4.98 Å². The summed E-state index contributed by atoms with van der Waals surface area (Å²) in [5, 5.41) is 5.16. The molecule has 0 spiro atoms. The minimum Gasteiger partial charge on any atom is -0.397 e. The molecule has 0 amide bonds. The van der Waals surface area contributed by atoms with E-state index in [-0.39, 0.29) is 5.02 Å². The van der Waals surface area contributed by atoms with Crippen molar-refractivity contribution in [3.63, 3.8) is 0 Å². The number of thiazole rings is 1. The minimum atomic E-state index is -0.505. The summed E-state index contributed by atoms with van der Waals surface area (Å²) < 4.78 is 13.1. The van der Waals surface area contributed by atoms with Crippen molar-refractivity contribution in [2.45, 2.75) is 6.42 Å². The molecule has 1 heterocycles. The molecule has 0 radical (unpaired) electrons. The first-order chi connectivity index (χ1) is 8.16. The number of nitrogen functional groups attached to an aromatic ring is 1. The Hall–Kier alpha value is -1.33. The van der Waals surface area contributed by atoms with E-state index in [0.717, 1.165) is 12.1 Å². The first kappa shape index (κ1) is 12.1. The molecule has 2 aromatic rings. The molecular weight excluding hydrogens is 261 g/mol. The number of aromatic nitrogens is 1. The van der Waals surface area contributed by atoms with E-state index in [1.54, 1.807) is 16.8 Å². The zero-order valence-electron chi connectivity index (χ0n) is 8.91. The average Bonchev–Trinajstić information content (AvgIpc) is 2.78. The fourth-order valence-corrected chi connectivity index (χ4v) is 2.16. The molecule has 0 atom stereocenters. The van der Waals surface area contributed by atoms with E-state index < -0.39 is 5.82 Å². The minimum absolute atomic E-state index is 0.0651. The topological polar surface area (TPSA) is 50.9 Å². The Morgan fingerprint density at radius 2 is 2.29 bits per heavy atom. The molecule has 2 rings (SSSR count). The molecule has 17 heavy (non-hydrogen) atoms. The number of anilines is 2. The average molecular weight is 272 g/mol. The smallest absolute Gasteiger partial charge is 0.143 e. The Bertz CT molecular complexity index is 502. The number of benzene rings is 1. The summed E-state index contributed by atoms with van der Waals surface area (Å²) in [4.78, 5) is 4.16. The van der Waals surface area contributed by atoms with Crippen LogP contribution < -0.4 is 11.1 Å². The lowest BCUT2D eigenvalue weighted by atomic mass is 10.2. The molecule has 0 saturated carbocycles. The van der Waals surface area contributed by atoms with Crippen molar-refractivity contribution in [3.8, 4) is 0 Å². The quantitative estimate of drug-likeness (QED) is 0.840. The lowest BCUT2D eigenvalue weighted by molar-refractivity contribution is 0.629. The summed E-state index contributed by atoms with van der Waals surface area (Å²) >= 11 is 7.24. The highest BCUT2D eigenvalue weighted by Crippen LogP contribution is 2.26. The number of nitrogens with one attached hydrogen (secondary N) is 1. The maximum Gasteiger partial charge on any atom is 0.143 e. The molecule has 0 aliphatic carbocycles. The Kier molecular flexibility index (Phi) is 3.81. The van der Waals surface area contributed by atoms with Crippen LogP contribution in [0.4, 0.5) is 15.8 Å². The van der Waals surface area contributed by atoms with Gasteiger partial charge in [0, 0.05) is 24.4 Å². The summed E-state index contributed by atoms with van der Waals surface area (Å²) in [6, 6.07) is 2.71. The fourth-order valence-electron chi connectivity index (χ4n) is 1.40. The Balaban J connectivity index is 1.97. The standard InChI is InChI=1S/C11H11ClFN3S/c12-8-3-11(10(14)4-9(8)13)15-2-1-7-5-17-6-16-7/h3-6,15H,1-2,14H2. The van der Waals surface area contributed by atoms with Crippen molar-refractivity contribution in [2.75, 3.05) is 17.6 Å². The number of hydrogen-bond donors (Lipinski definition) is 2. The van der Waals surface area contributed by atoms with Crippen molar-refractivity contribution in [3.05, 3.63) is 39.6 Å². The Morgan fingerprint density at radius 3 is 3.00 bits per heavy atom. The lowest BCUT2D eigenvalue weighted by Gasteiger charge is -2.09. The van der Waals surface area contributed by atoms with Gasteiger partial charge in [-0.2, -0.15) is 0 Å². The number of halogens is 2. The van der Waals surface area contributed by atoms with Crippen LogP contribution in [0.3, 0.4) is 0 Å². The van der Waals surface area contributed by atoms with Crippen LogP contribution in [0, 0.1) is 5.82 Å². The van der Waals surface area contributed by atoms with E-state index in [0.29, 0.717) is 17.9 Å². The summed E-state index contributed by atoms with van der Waals surface area (Å²) in [7, 11) is 0. The number of nitrogens with two attached hydrogens (primary N) is 1. The molecule has 0 aliphatic heterocycles. The van der Waals surface area contributed by atoms with Crippen molar-refractivity contribution < 1.29 is 4.39 Å². The SMILES string of the molecule is Nc1cc(F)c(Cl)cc1NCCc1cscn1. The molecular formula is C11H11ClFN3S. The molecule has 3 nitrogen and oxygen atoms in total. The normalized spacial score (nSPS) is 10.5. The maximum absolute atomic E-state index is 13.1. The lowest BCUT2D eigenvalue weighted by Crippen LogP contribution is -2.07. The molecule has 1 aromatic heterocycles. The molecule has 0 bridgehead atoms. The summed E-state index contributed by atoms with van der Waals surface area (Å²) in [5.41, 5.74) is 9.48. The van der Waals surface area contributed by atoms with Gasteiger partial charge in [-0.1, -0.05) is 11.6 Å². The van der Waals surface area contributed by atoms with Gasteiger partial charge >= 0.3 is 0 Å². The van der Waals surface area contributed by atoms with Crippen LogP contribution in [-0.4, -0.2) is 11.5 Å². The van der Waals surface area contributed by atoms with E-state index in [1.165, 1.54) is 12.1 Å². The van der Waals surface area contributed by atoms with E-state index >= 15 is 0 Å². The highest BCUT2D eigenvalue weighted by molar-refractivity contribution is 7.07. The Morgan fingerprint density at radius 1 is 1.47 bits per heavy atom. The third-order valence-corrected chi connectivity index (χ3v) is 3.20. The zero-order chi connectivity index (χ0) is 12.3. The second kappa shape index (κ2) is 5.33. The highest BCUT2D eigenvalue weighted by Gasteiger charge is 2.05. The van der Waals surface area contributed by atoms with Gasteiger partial charge in [-0.15, -0.1) is 11.3 Å². The van der Waals surface area contributed by atoms with Crippen LogP contribution in [0.5, 0.6) is 0 Å². The molecule has 0 aliphatic rings. The summed E-state index contributed by atoms with van der Waals surface area (Å²) in [6.07, 6.45) is 0.790. The van der Waals surface area contributed by atoms with Gasteiger partial charge < -0.3 is 11.1 Å². The first-order valence-corrected chi connectivity index (χ1v) is 6.34. The van der Waals surface area contributed by atoms with Crippen molar-refractivity contribution in [2.24, 2.45) is 0 Å². The Labute approximate surface area is 107 Å². The number of hydrogen-bond acceptors (Lipinski definition) is 4. The van der Waals surface area contributed by atoms with Crippen LogP contribution in [0.25, 0.3) is 0 Å². The molecule has 0 unspecified atom stereocenters. The van der Waals surface area contributed by atoms with Crippen LogP contribution in [0.2, 0.25) is 5.02 Å². The van der Waals surface area contributed by atoms with E-state index in [4.69, 9.17) is 17.3 Å². The van der Waals surface area contributed by atoms with Gasteiger partial charge in [-0.3, -0.25) is 0 Å². The second-order valence-corrected chi connectivity index (χ2v) is 4.64. The molecule has 1 aromatic carbocycles. The molecule has 6 heteroatoms. The second-order valence-electron chi connectivity index (χ2n) is 3.51. The largest absolute Gasteiger partial charge is 0.397 e. The van der Waals surface area contributed by atoms with Gasteiger partial charge in [0.25, 0.3) is 0 Å². The molecule has 90 valence electrons. The third-order valence-electron chi connectivity index (χ3n) is 2.27. The van der Waals surface area contributed by atoms with Gasteiger partial charge in [0.15, 0.2) is 0 Å². The maximum atomic E-state index is 13.1. The fraction of sp³-hybridized carbons (Fsp3) is 0.182. The summed E-state index contributed by atoms with van der Waals surface area (Å²) in [6.45, 7) is 0.676. The van der Waals surface area contributed by atoms with Crippen molar-refractivity contribution >= 4 is 34.3 Å². The predicted molar refractivity (Wildman–Crippen MR) is 70.1 cm³/mol. The molecule has 0 fully saturated rings. The van der Waals surface area contributed by atoms with Crippen LogP contribution in [-0.2, 0) is 6.42 Å². The van der Waals surface area contributed by atoms with E-state index in [2.05, 4.69) is 10.3 Å². The van der Waals surface area contributed by atoms with Gasteiger partial charge in [-0.05, 0) is 6.07 Å². The van der Waals surface area contributed by atoms with Gasteiger partial charge in [0.2, 0.25) is 0 Å². The summed E-state index contributed by atoms with van der Waals surface area (Å²) in [5.74, 6) is -0.505. The van der Waals surface area contributed by atoms with Gasteiger partial charge in [-0.25, -0.2) is 9.37 Å². The number of rotatable bonds is 4. The van der Waals surface area contributed by atoms with Crippen molar-refractivity contribution in [1.29, 1.82) is 0 Å². The van der Waals surface area contributed by atoms with E-state index in [9.17, 15) is 4.39 Å². The highest BCUT2D eigenvalue weighted by atomic mass is 35.5. The van der Waals surface area contributed by atoms with E-state index in [1.807, 2.05) is 5.38 Å². The predicted octanol–water partition coefficient (Wildman–Crippen LogP) is 3.17. The van der Waals surface area contributed by atoms with Crippen LogP contribution >= 0.6 is 22.9 Å². The zero-order valence-corrected chi connectivity index (χ0v) is 10.5. The first-order valence-electron chi connectivity index (χ1n) is 5.02. The number of nitrogens with zero attached hydrogens (tertiary/aromatic N) is 1. The molecule has 0 saturated heterocycles. The molecule has 3 N–H and O–H groups in total. The van der Waals surface area contributed by atoms with Crippen LogP contribution in [0.1, 0.15) is 5.69 Å². The monoisotopic (exact) mass is 271 g/mol. The third kappa shape index (κ3) is 3.08. The van der Waals surface area contributed by atoms with Gasteiger partial charge in [0.1, 0.15) is 5.82 Å².